The van der Waals surface area contributed by atoms with Crippen LogP contribution in [0.25, 0.3) is 0 Å². The second kappa shape index (κ2) is 7.65. The van der Waals surface area contributed by atoms with E-state index in [1.807, 2.05) is 6.92 Å². The molecule has 0 spiro atoms. The van der Waals surface area contributed by atoms with Gasteiger partial charge in [-0.15, -0.1) is 0 Å². The fourth-order valence-corrected chi connectivity index (χ4v) is 2.29. The zero-order valence-electron chi connectivity index (χ0n) is 12.4. The Labute approximate surface area is 126 Å². The number of aromatic nitrogens is 2. The highest BCUT2D eigenvalue weighted by Gasteiger charge is 2.45. The molecule has 0 aliphatic carbocycles. The van der Waals surface area contributed by atoms with Crippen molar-refractivity contribution in [2.75, 3.05) is 27.1 Å². The first kappa shape index (κ1) is 16.8. The number of nitrogens with zero attached hydrogens (tertiary/aromatic N) is 1. The lowest BCUT2D eigenvalue weighted by Gasteiger charge is -2.20. The van der Waals surface area contributed by atoms with Crippen LogP contribution in [0.2, 0.25) is 0 Å². The van der Waals surface area contributed by atoms with Crippen LogP contribution in [0.1, 0.15) is 13.2 Å². The van der Waals surface area contributed by atoms with E-state index >= 15 is 0 Å². The minimum absolute atomic E-state index is 0.00492. The maximum atomic E-state index is 11.8. The Bertz CT molecular complexity index is 584. The first-order valence-electron chi connectivity index (χ1n) is 6.91. The highest BCUT2D eigenvalue weighted by atomic mass is 16.7. The number of ether oxygens (including phenoxy) is 4. The average molecular weight is 316 g/mol. The molecule has 0 aromatic carbocycles. The summed E-state index contributed by atoms with van der Waals surface area (Å²) in [7, 11) is 1.49. The van der Waals surface area contributed by atoms with Crippen LogP contribution in [0.3, 0.4) is 0 Å². The zero-order valence-corrected chi connectivity index (χ0v) is 12.4. The van der Waals surface area contributed by atoms with Crippen molar-refractivity contribution in [1.82, 2.24) is 9.55 Å². The molecular formula is C13H20N2O7. The Balaban J connectivity index is 2.19. The number of hydrogen-bond donors (Lipinski definition) is 2. The third kappa shape index (κ3) is 3.62. The molecule has 1 aromatic rings. The van der Waals surface area contributed by atoms with Crippen molar-refractivity contribution in [3.8, 4) is 0 Å². The van der Waals surface area contributed by atoms with Crippen molar-refractivity contribution in [3.63, 3.8) is 0 Å². The van der Waals surface area contributed by atoms with Gasteiger partial charge in [-0.05, 0) is 6.92 Å². The van der Waals surface area contributed by atoms with Crippen molar-refractivity contribution in [3.05, 3.63) is 33.1 Å². The highest BCUT2D eigenvalue weighted by molar-refractivity contribution is 4.93. The molecule has 1 fully saturated rings. The Morgan fingerprint density at radius 1 is 1.45 bits per heavy atom. The van der Waals surface area contributed by atoms with E-state index in [2.05, 4.69) is 4.98 Å². The normalized spacial score (nSPS) is 28.1. The molecule has 9 heteroatoms. The molecule has 1 saturated heterocycles. The molecule has 1 aromatic heterocycles. The average Bonchev–Trinajstić information content (AvgIpc) is 2.77. The van der Waals surface area contributed by atoms with Crippen LogP contribution in [0.5, 0.6) is 0 Å². The molecule has 2 heterocycles. The van der Waals surface area contributed by atoms with Crippen molar-refractivity contribution >= 4 is 0 Å². The van der Waals surface area contributed by atoms with E-state index < -0.39 is 35.8 Å². The molecule has 22 heavy (non-hydrogen) atoms. The molecular weight excluding hydrogens is 296 g/mol. The summed E-state index contributed by atoms with van der Waals surface area (Å²) < 4.78 is 22.4. The molecule has 2 N–H and O–H groups in total. The number of methoxy groups -OCH3 is 1. The molecule has 1 aliphatic heterocycles. The summed E-state index contributed by atoms with van der Waals surface area (Å²) in [5.41, 5.74) is -1.19. The molecule has 124 valence electrons. The van der Waals surface area contributed by atoms with Gasteiger partial charge in [0.05, 0.1) is 6.61 Å². The lowest BCUT2D eigenvalue weighted by molar-refractivity contribution is -0.131. The van der Waals surface area contributed by atoms with Gasteiger partial charge < -0.3 is 24.1 Å². The number of aliphatic hydroxyl groups is 1. The number of aromatic amines is 1. The molecule has 0 amide bonds. The van der Waals surface area contributed by atoms with Crippen LogP contribution < -0.4 is 11.2 Å². The van der Waals surface area contributed by atoms with Crippen LogP contribution in [0, 0.1) is 0 Å². The number of hydrogen-bond acceptors (Lipinski definition) is 7. The summed E-state index contributed by atoms with van der Waals surface area (Å²) in [4.78, 5) is 25.0. The summed E-state index contributed by atoms with van der Waals surface area (Å²) in [6.45, 7) is 2.47. The smallest absolute Gasteiger partial charge is 0.330 e. The molecule has 4 unspecified atom stereocenters. The van der Waals surface area contributed by atoms with Crippen LogP contribution in [0.15, 0.2) is 21.9 Å². The van der Waals surface area contributed by atoms with Gasteiger partial charge in [0.15, 0.2) is 6.23 Å². The predicted molar refractivity (Wildman–Crippen MR) is 74.5 cm³/mol. The first-order chi connectivity index (χ1) is 10.6. The summed E-state index contributed by atoms with van der Waals surface area (Å²) in [5.74, 6) is 0. The largest absolute Gasteiger partial charge is 0.386 e. The molecule has 9 nitrogen and oxygen atoms in total. The lowest BCUT2D eigenvalue weighted by atomic mass is 10.1. The van der Waals surface area contributed by atoms with E-state index in [-0.39, 0.29) is 13.4 Å². The van der Waals surface area contributed by atoms with Gasteiger partial charge in [0.1, 0.15) is 25.1 Å². The summed E-state index contributed by atoms with van der Waals surface area (Å²) in [5, 5.41) is 10.4. The van der Waals surface area contributed by atoms with Gasteiger partial charge >= 0.3 is 5.69 Å². The van der Waals surface area contributed by atoms with Gasteiger partial charge in [-0.3, -0.25) is 14.3 Å². The van der Waals surface area contributed by atoms with Gasteiger partial charge in [0.2, 0.25) is 0 Å². The molecule has 0 bridgehead atoms. The Kier molecular flexibility index (Phi) is 5.86. The Morgan fingerprint density at radius 2 is 2.23 bits per heavy atom. The summed E-state index contributed by atoms with van der Waals surface area (Å²) >= 11 is 0. The van der Waals surface area contributed by atoms with Gasteiger partial charge in [0.25, 0.3) is 5.56 Å². The minimum atomic E-state index is -1.11. The van der Waals surface area contributed by atoms with Crippen molar-refractivity contribution in [2.45, 2.75) is 31.5 Å². The predicted octanol–water partition coefficient (Wildman–Crippen LogP) is -1.18. The molecule has 0 radical (unpaired) electrons. The van der Waals surface area contributed by atoms with E-state index in [0.29, 0.717) is 6.61 Å². The monoisotopic (exact) mass is 316 g/mol. The first-order valence-corrected chi connectivity index (χ1v) is 6.91. The SMILES string of the molecule is CCOCOC1C(COC)OC(n2ccc(=O)[nH]c2=O)C1O. The van der Waals surface area contributed by atoms with Crippen LogP contribution >= 0.6 is 0 Å². The zero-order chi connectivity index (χ0) is 16.1. The van der Waals surface area contributed by atoms with Crippen LogP contribution in [-0.2, 0) is 18.9 Å². The van der Waals surface area contributed by atoms with Crippen molar-refractivity contribution in [2.24, 2.45) is 0 Å². The Hall–Kier alpha value is -1.52. The van der Waals surface area contributed by atoms with E-state index in [4.69, 9.17) is 18.9 Å². The van der Waals surface area contributed by atoms with Gasteiger partial charge in [-0.25, -0.2) is 4.79 Å². The van der Waals surface area contributed by atoms with Gasteiger partial charge in [0, 0.05) is 26.0 Å². The number of aliphatic hydroxyl groups excluding tert-OH is 1. The van der Waals surface area contributed by atoms with Gasteiger partial charge in [-0.1, -0.05) is 0 Å². The maximum Gasteiger partial charge on any atom is 0.330 e. The summed E-state index contributed by atoms with van der Waals surface area (Å²) in [6.07, 6.45) is -2.09. The molecule has 4 atom stereocenters. The number of H-pyrrole nitrogens is 1. The highest BCUT2D eigenvalue weighted by Crippen LogP contribution is 2.30. The lowest BCUT2D eigenvalue weighted by Crippen LogP contribution is -2.39. The fourth-order valence-electron chi connectivity index (χ4n) is 2.29. The van der Waals surface area contributed by atoms with E-state index in [1.165, 1.54) is 19.4 Å². The van der Waals surface area contributed by atoms with E-state index in [9.17, 15) is 14.7 Å². The topological polar surface area (TPSA) is 112 Å². The standard InChI is InChI=1S/C13H20N2O7/c1-3-20-7-21-11-8(6-19-2)22-12(10(11)17)15-5-4-9(16)14-13(15)18/h4-5,8,10-12,17H,3,6-7H2,1-2H3,(H,14,16,18). The van der Waals surface area contributed by atoms with E-state index in [1.54, 1.807) is 0 Å². The fraction of sp³-hybridized carbons (Fsp3) is 0.692. The Morgan fingerprint density at radius 3 is 2.86 bits per heavy atom. The van der Waals surface area contributed by atoms with Crippen LogP contribution in [-0.4, -0.2) is 60.1 Å². The molecule has 2 rings (SSSR count). The number of rotatable bonds is 7. The quantitative estimate of drug-likeness (QED) is 0.481. The van der Waals surface area contributed by atoms with Crippen molar-refractivity contribution < 1.29 is 24.1 Å². The van der Waals surface area contributed by atoms with E-state index in [0.717, 1.165) is 4.57 Å². The molecule has 1 aliphatic rings. The third-order valence-corrected chi connectivity index (χ3v) is 3.31. The second-order valence-electron chi connectivity index (χ2n) is 4.77. The van der Waals surface area contributed by atoms with Gasteiger partial charge in [-0.2, -0.15) is 0 Å². The minimum Gasteiger partial charge on any atom is -0.386 e. The number of nitrogens with one attached hydrogen (secondary N) is 1. The summed E-state index contributed by atoms with van der Waals surface area (Å²) in [6, 6.07) is 1.18. The molecule has 0 saturated carbocycles. The van der Waals surface area contributed by atoms with Crippen LogP contribution in [0.4, 0.5) is 0 Å². The van der Waals surface area contributed by atoms with Crippen molar-refractivity contribution in [1.29, 1.82) is 0 Å². The maximum absolute atomic E-state index is 11.8. The third-order valence-electron chi connectivity index (χ3n) is 3.31. The second-order valence-corrected chi connectivity index (χ2v) is 4.77.